The molecule has 0 unspecified atom stereocenters. The Morgan fingerprint density at radius 1 is 1.32 bits per heavy atom. The van der Waals surface area contributed by atoms with Gasteiger partial charge in [-0.25, -0.2) is 4.98 Å². The van der Waals surface area contributed by atoms with Crippen LogP contribution in [0.25, 0.3) is 0 Å². The van der Waals surface area contributed by atoms with Gasteiger partial charge in [0.1, 0.15) is 12.7 Å². The predicted octanol–water partition coefficient (Wildman–Crippen LogP) is 1.31. The predicted molar refractivity (Wildman–Crippen MR) is 94.9 cm³/mol. The van der Waals surface area contributed by atoms with Crippen LogP contribution in [0, 0.1) is 11.8 Å². The molecule has 2 atom stereocenters. The van der Waals surface area contributed by atoms with E-state index in [1.807, 2.05) is 0 Å². The Labute approximate surface area is 150 Å². The molecular formula is C18H31N5O2. The Balaban J connectivity index is 1.47. The zero-order valence-electron chi connectivity index (χ0n) is 15.4. The summed E-state index contributed by atoms with van der Waals surface area (Å²) in [5.41, 5.74) is 0. The first-order valence-electron chi connectivity index (χ1n) is 9.57. The van der Waals surface area contributed by atoms with Gasteiger partial charge in [0.25, 0.3) is 0 Å². The van der Waals surface area contributed by atoms with E-state index < -0.39 is 0 Å². The lowest BCUT2D eigenvalue weighted by atomic mass is 9.91. The molecule has 1 aromatic rings. The Bertz CT molecular complexity index is 528. The highest BCUT2D eigenvalue weighted by atomic mass is 16.5. The Morgan fingerprint density at radius 2 is 2.12 bits per heavy atom. The van der Waals surface area contributed by atoms with Crippen molar-refractivity contribution in [2.75, 3.05) is 26.3 Å². The largest absolute Gasteiger partial charge is 0.381 e. The van der Waals surface area contributed by atoms with Crippen molar-refractivity contribution >= 4 is 5.91 Å². The maximum Gasteiger partial charge on any atom is 0.220 e. The van der Waals surface area contributed by atoms with Crippen molar-refractivity contribution in [3.63, 3.8) is 0 Å². The van der Waals surface area contributed by atoms with Crippen molar-refractivity contribution in [2.45, 2.75) is 58.2 Å². The van der Waals surface area contributed by atoms with E-state index >= 15 is 0 Å². The van der Waals surface area contributed by atoms with Crippen LogP contribution in [0.1, 0.15) is 39.5 Å². The second kappa shape index (κ2) is 8.76. The molecule has 0 aliphatic carbocycles. The molecule has 0 aromatic carbocycles. The van der Waals surface area contributed by atoms with Crippen LogP contribution >= 0.6 is 0 Å². The van der Waals surface area contributed by atoms with E-state index in [1.165, 1.54) is 6.33 Å². The number of carbonyl (C=O) groups excluding carboxylic acids is 1. The molecule has 3 rings (SSSR count). The van der Waals surface area contributed by atoms with E-state index in [9.17, 15) is 4.79 Å². The normalized spacial score (nSPS) is 25.6. The van der Waals surface area contributed by atoms with Crippen molar-refractivity contribution in [1.82, 2.24) is 25.0 Å². The van der Waals surface area contributed by atoms with Crippen molar-refractivity contribution in [2.24, 2.45) is 11.8 Å². The average molecular weight is 349 g/mol. The van der Waals surface area contributed by atoms with Gasteiger partial charge in [-0.3, -0.25) is 14.4 Å². The van der Waals surface area contributed by atoms with Crippen LogP contribution in [0.5, 0.6) is 0 Å². The van der Waals surface area contributed by atoms with E-state index in [4.69, 9.17) is 4.74 Å². The molecule has 7 nitrogen and oxygen atoms in total. The number of rotatable bonds is 7. The van der Waals surface area contributed by atoms with Crippen molar-refractivity contribution in [3.8, 4) is 0 Å². The summed E-state index contributed by atoms with van der Waals surface area (Å²) in [4.78, 5) is 18.9. The molecule has 0 bridgehead atoms. The van der Waals surface area contributed by atoms with Gasteiger partial charge in [-0.15, -0.1) is 0 Å². The number of amides is 1. The van der Waals surface area contributed by atoms with Crippen LogP contribution in [0.4, 0.5) is 0 Å². The van der Waals surface area contributed by atoms with Gasteiger partial charge >= 0.3 is 0 Å². The number of aryl methyl sites for hydroxylation is 1. The Hall–Kier alpha value is -1.47. The maximum atomic E-state index is 12.4. The van der Waals surface area contributed by atoms with Gasteiger partial charge in [-0.1, -0.05) is 13.8 Å². The molecule has 0 radical (unpaired) electrons. The van der Waals surface area contributed by atoms with Crippen LogP contribution in [-0.4, -0.2) is 64.0 Å². The zero-order chi connectivity index (χ0) is 17.6. The summed E-state index contributed by atoms with van der Waals surface area (Å²) in [5.74, 6) is 1.26. The molecular weight excluding hydrogens is 318 g/mol. The molecule has 2 aliphatic heterocycles. The van der Waals surface area contributed by atoms with Crippen LogP contribution in [0.15, 0.2) is 12.7 Å². The molecule has 1 N–H and O–H groups in total. The second-order valence-electron chi connectivity index (χ2n) is 7.64. The second-order valence-corrected chi connectivity index (χ2v) is 7.64. The van der Waals surface area contributed by atoms with Gasteiger partial charge in [0.2, 0.25) is 5.91 Å². The van der Waals surface area contributed by atoms with Crippen molar-refractivity contribution in [3.05, 3.63) is 12.7 Å². The van der Waals surface area contributed by atoms with Gasteiger partial charge in [0, 0.05) is 51.4 Å². The molecule has 25 heavy (non-hydrogen) atoms. The van der Waals surface area contributed by atoms with E-state index in [0.717, 1.165) is 52.1 Å². The quantitative estimate of drug-likeness (QED) is 0.803. The van der Waals surface area contributed by atoms with Gasteiger partial charge in [0.05, 0.1) is 0 Å². The smallest absolute Gasteiger partial charge is 0.220 e. The number of aromatic nitrogens is 3. The first-order valence-corrected chi connectivity index (χ1v) is 9.57. The fourth-order valence-corrected chi connectivity index (χ4v) is 4.07. The summed E-state index contributed by atoms with van der Waals surface area (Å²) >= 11 is 0. The fraction of sp³-hybridized carbons (Fsp3) is 0.833. The lowest BCUT2D eigenvalue weighted by molar-refractivity contribution is -0.122. The molecule has 2 aliphatic rings. The number of carbonyl (C=O) groups is 1. The van der Waals surface area contributed by atoms with Crippen LogP contribution < -0.4 is 5.32 Å². The molecule has 0 saturated carbocycles. The van der Waals surface area contributed by atoms with Crippen LogP contribution in [-0.2, 0) is 16.1 Å². The highest BCUT2D eigenvalue weighted by Gasteiger charge is 2.38. The van der Waals surface area contributed by atoms with Gasteiger partial charge < -0.3 is 10.1 Å². The van der Waals surface area contributed by atoms with E-state index in [-0.39, 0.29) is 11.9 Å². The molecule has 3 heterocycles. The summed E-state index contributed by atoms with van der Waals surface area (Å²) in [6.07, 6.45) is 6.77. The lowest BCUT2D eigenvalue weighted by Crippen LogP contribution is -2.43. The monoisotopic (exact) mass is 349 g/mol. The molecule has 1 aromatic heterocycles. The van der Waals surface area contributed by atoms with Gasteiger partial charge in [-0.05, 0) is 31.1 Å². The van der Waals surface area contributed by atoms with Crippen LogP contribution in [0.2, 0.25) is 0 Å². The molecule has 0 spiro atoms. The summed E-state index contributed by atoms with van der Waals surface area (Å²) in [5, 5.41) is 7.37. The number of nitrogens with zero attached hydrogens (tertiary/aromatic N) is 4. The van der Waals surface area contributed by atoms with Crippen molar-refractivity contribution < 1.29 is 9.53 Å². The topological polar surface area (TPSA) is 72.3 Å². The first kappa shape index (κ1) is 18.3. The number of likely N-dealkylation sites (tertiary alicyclic amines) is 1. The highest BCUT2D eigenvalue weighted by molar-refractivity contribution is 5.76. The maximum absolute atomic E-state index is 12.4. The van der Waals surface area contributed by atoms with Crippen LogP contribution in [0.3, 0.4) is 0 Å². The third-order valence-corrected chi connectivity index (χ3v) is 5.56. The minimum Gasteiger partial charge on any atom is -0.381 e. The fourth-order valence-electron chi connectivity index (χ4n) is 4.07. The number of nitrogens with one attached hydrogen (secondary N) is 1. The Kier molecular flexibility index (Phi) is 6.42. The summed E-state index contributed by atoms with van der Waals surface area (Å²) < 4.78 is 7.26. The van der Waals surface area contributed by atoms with Gasteiger partial charge in [0.15, 0.2) is 0 Å². The first-order chi connectivity index (χ1) is 12.1. The van der Waals surface area contributed by atoms with Gasteiger partial charge in [-0.2, -0.15) is 5.10 Å². The molecule has 2 saturated heterocycles. The highest BCUT2D eigenvalue weighted by Crippen LogP contribution is 2.28. The molecule has 7 heteroatoms. The molecule has 2 fully saturated rings. The SMILES string of the molecule is CC(C)[C@@H]1CN(C2CCOCC2)C[C@H]1NC(=O)CCCn1cncn1. The zero-order valence-corrected chi connectivity index (χ0v) is 15.4. The average Bonchev–Trinajstić information content (AvgIpc) is 3.25. The Morgan fingerprint density at radius 3 is 2.80 bits per heavy atom. The minimum atomic E-state index is 0.157. The number of hydrogen-bond acceptors (Lipinski definition) is 5. The summed E-state index contributed by atoms with van der Waals surface area (Å²) in [6.45, 7) is 9.07. The number of ether oxygens (including phenoxy) is 1. The third-order valence-electron chi connectivity index (χ3n) is 5.56. The van der Waals surface area contributed by atoms with E-state index in [2.05, 4.69) is 34.1 Å². The van der Waals surface area contributed by atoms with E-state index in [1.54, 1.807) is 11.0 Å². The standard InChI is InChI=1S/C18H31N5O2/c1-14(2)16-10-22(15-5-8-25-9-6-15)11-17(16)21-18(24)4-3-7-23-13-19-12-20-23/h12-17H,3-11H2,1-2H3,(H,21,24)/t16-,17+/m0/s1. The third kappa shape index (κ3) is 5.01. The van der Waals surface area contributed by atoms with E-state index in [0.29, 0.717) is 24.3 Å². The lowest BCUT2D eigenvalue weighted by Gasteiger charge is -2.31. The molecule has 1 amide bonds. The summed E-state index contributed by atoms with van der Waals surface area (Å²) in [6, 6.07) is 0.880. The molecule has 140 valence electrons. The number of hydrogen-bond donors (Lipinski definition) is 1. The van der Waals surface area contributed by atoms with Crippen molar-refractivity contribution in [1.29, 1.82) is 0 Å². The summed E-state index contributed by atoms with van der Waals surface area (Å²) in [7, 11) is 0. The minimum absolute atomic E-state index is 0.157.